The van der Waals surface area contributed by atoms with Crippen molar-refractivity contribution in [3.05, 3.63) is 41.7 Å². The third-order valence-corrected chi connectivity index (χ3v) is 3.39. The van der Waals surface area contributed by atoms with Crippen molar-refractivity contribution in [2.45, 2.75) is 19.3 Å². The number of fused-ring (bicyclic) bond motifs is 1. The van der Waals surface area contributed by atoms with Gasteiger partial charge in [-0.25, -0.2) is 0 Å². The Hall–Kier alpha value is -1.41. The van der Waals surface area contributed by atoms with Crippen molar-refractivity contribution < 1.29 is 4.74 Å². The molecule has 0 N–H and O–H groups in total. The molecule has 0 saturated carbocycles. The topological polar surface area (TPSA) is 22.1 Å². The Kier molecular flexibility index (Phi) is 2.37. The second-order valence-corrected chi connectivity index (χ2v) is 4.41. The van der Waals surface area contributed by atoms with Gasteiger partial charge in [-0.1, -0.05) is 24.3 Å². The van der Waals surface area contributed by atoms with E-state index in [1.165, 1.54) is 16.3 Å². The van der Waals surface area contributed by atoms with E-state index in [0.29, 0.717) is 5.92 Å². The molecule has 2 heteroatoms. The van der Waals surface area contributed by atoms with Crippen LogP contribution in [0.1, 0.15) is 23.6 Å². The molecule has 1 unspecified atom stereocenters. The Morgan fingerprint density at radius 2 is 2.06 bits per heavy atom. The van der Waals surface area contributed by atoms with Crippen molar-refractivity contribution in [1.29, 1.82) is 0 Å². The quantitative estimate of drug-likeness (QED) is 0.726. The minimum absolute atomic E-state index is 0.526. The maximum atomic E-state index is 5.46. The molecule has 1 atom stereocenters. The van der Waals surface area contributed by atoms with E-state index in [2.05, 4.69) is 36.2 Å². The first-order valence-electron chi connectivity index (χ1n) is 5.78. The number of rotatable bonds is 1. The third kappa shape index (κ3) is 1.50. The van der Waals surface area contributed by atoms with Gasteiger partial charge in [0.25, 0.3) is 0 Å². The van der Waals surface area contributed by atoms with E-state index in [4.69, 9.17) is 4.74 Å². The molecule has 82 valence electrons. The lowest BCUT2D eigenvalue weighted by molar-refractivity contribution is 0.194. The highest BCUT2D eigenvalue weighted by Crippen LogP contribution is 2.31. The van der Waals surface area contributed by atoms with E-state index in [-0.39, 0.29) is 0 Å². The summed E-state index contributed by atoms with van der Waals surface area (Å²) >= 11 is 0. The molecule has 0 spiro atoms. The molecule has 0 radical (unpaired) electrons. The van der Waals surface area contributed by atoms with Crippen LogP contribution in [0.5, 0.6) is 0 Å². The molecule has 1 saturated heterocycles. The monoisotopic (exact) mass is 213 g/mol. The first-order valence-corrected chi connectivity index (χ1v) is 5.78. The summed E-state index contributed by atoms with van der Waals surface area (Å²) in [6, 6.07) is 8.52. The first-order chi connectivity index (χ1) is 7.86. The summed E-state index contributed by atoms with van der Waals surface area (Å²) in [5.41, 5.74) is 2.46. The highest BCUT2D eigenvalue weighted by molar-refractivity contribution is 5.87. The highest BCUT2D eigenvalue weighted by atomic mass is 16.5. The fraction of sp³-hybridized carbons (Fsp3) is 0.357. The van der Waals surface area contributed by atoms with Crippen molar-refractivity contribution in [2.75, 3.05) is 13.2 Å². The normalized spacial score (nSPS) is 20.4. The van der Waals surface area contributed by atoms with Crippen LogP contribution < -0.4 is 0 Å². The van der Waals surface area contributed by atoms with E-state index < -0.39 is 0 Å². The molecule has 2 nitrogen and oxygen atoms in total. The molecule has 1 aromatic carbocycles. The minimum Gasteiger partial charge on any atom is -0.381 e. The fourth-order valence-electron chi connectivity index (χ4n) is 2.46. The van der Waals surface area contributed by atoms with Gasteiger partial charge in [0.1, 0.15) is 0 Å². The molecular formula is C14H15NO. The zero-order valence-corrected chi connectivity index (χ0v) is 9.44. The van der Waals surface area contributed by atoms with Crippen LogP contribution in [0.4, 0.5) is 0 Å². The van der Waals surface area contributed by atoms with E-state index in [1.54, 1.807) is 0 Å². The van der Waals surface area contributed by atoms with Crippen LogP contribution >= 0.6 is 0 Å². The van der Waals surface area contributed by atoms with Crippen LogP contribution in [0.15, 0.2) is 30.5 Å². The zero-order valence-electron chi connectivity index (χ0n) is 9.44. The smallest absolute Gasteiger partial charge is 0.0536 e. The summed E-state index contributed by atoms with van der Waals surface area (Å²) < 4.78 is 5.46. The Bertz CT molecular complexity index is 515. The Morgan fingerprint density at radius 3 is 2.81 bits per heavy atom. The molecule has 3 rings (SSSR count). The van der Waals surface area contributed by atoms with Crippen LogP contribution in [0.3, 0.4) is 0 Å². The van der Waals surface area contributed by atoms with E-state index >= 15 is 0 Å². The number of pyridine rings is 1. The van der Waals surface area contributed by atoms with Gasteiger partial charge in [-0.15, -0.1) is 0 Å². The molecule has 2 heterocycles. The standard InChI is InChI=1S/C14H15NO/c1-10-12-4-2-3-5-13(12)14(8-15-10)11-6-7-16-9-11/h2-5,8,11H,6-7,9H2,1H3. The second-order valence-electron chi connectivity index (χ2n) is 4.41. The second kappa shape index (κ2) is 3.87. The predicted molar refractivity (Wildman–Crippen MR) is 64.7 cm³/mol. The third-order valence-electron chi connectivity index (χ3n) is 3.39. The molecule has 2 aromatic rings. The lowest BCUT2D eigenvalue weighted by Crippen LogP contribution is -2.00. The van der Waals surface area contributed by atoms with Gasteiger partial charge in [-0.2, -0.15) is 0 Å². The summed E-state index contributed by atoms with van der Waals surface area (Å²) in [5, 5.41) is 2.61. The number of aromatic nitrogens is 1. The van der Waals surface area contributed by atoms with Crippen LogP contribution in [0.2, 0.25) is 0 Å². The summed E-state index contributed by atoms with van der Waals surface area (Å²) in [7, 11) is 0. The van der Waals surface area contributed by atoms with Gasteiger partial charge in [0, 0.05) is 29.8 Å². The van der Waals surface area contributed by atoms with Crippen LogP contribution in [-0.2, 0) is 4.74 Å². The average Bonchev–Trinajstić information content (AvgIpc) is 2.83. The van der Waals surface area contributed by atoms with E-state index in [9.17, 15) is 0 Å². The largest absolute Gasteiger partial charge is 0.381 e. The maximum Gasteiger partial charge on any atom is 0.0536 e. The Morgan fingerprint density at radius 1 is 1.25 bits per heavy atom. The van der Waals surface area contributed by atoms with E-state index in [1.807, 2.05) is 6.20 Å². The molecule has 1 aliphatic rings. The van der Waals surface area contributed by atoms with Gasteiger partial charge in [0.05, 0.1) is 6.61 Å². The maximum absolute atomic E-state index is 5.46. The van der Waals surface area contributed by atoms with E-state index in [0.717, 1.165) is 25.3 Å². The summed E-state index contributed by atoms with van der Waals surface area (Å²) in [5.74, 6) is 0.526. The lowest BCUT2D eigenvalue weighted by atomic mass is 9.94. The highest BCUT2D eigenvalue weighted by Gasteiger charge is 2.20. The average molecular weight is 213 g/mol. The molecule has 1 aromatic heterocycles. The van der Waals surface area contributed by atoms with Crippen LogP contribution in [-0.4, -0.2) is 18.2 Å². The first kappa shape index (κ1) is 9.79. The molecule has 1 fully saturated rings. The van der Waals surface area contributed by atoms with Gasteiger partial charge in [0.15, 0.2) is 0 Å². The number of hydrogen-bond acceptors (Lipinski definition) is 2. The number of benzene rings is 1. The van der Waals surface area contributed by atoms with Gasteiger partial charge in [-0.05, 0) is 24.3 Å². The molecule has 0 amide bonds. The number of aryl methyl sites for hydroxylation is 1. The van der Waals surface area contributed by atoms with Crippen molar-refractivity contribution in [3.8, 4) is 0 Å². The van der Waals surface area contributed by atoms with Gasteiger partial charge in [-0.3, -0.25) is 4.98 Å². The fourth-order valence-corrected chi connectivity index (χ4v) is 2.46. The van der Waals surface area contributed by atoms with Crippen molar-refractivity contribution in [1.82, 2.24) is 4.98 Å². The van der Waals surface area contributed by atoms with Crippen LogP contribution in [0, 0.1) is 6.92 Å². The molecule has 16 heavy (non-hydrogen) atoms. The van der Waals surface area contributed by atoms with Gasteiger partial charge >= 0.3 is 0 Å². The van der Waals surface area contributed by atoms with Crippen LogP contribution in [0.25, 0.3) is 10.8 Å². The number of hydrogen-bond donors (Lipinski definition) is 0. The Balaban J connectivity index is 2.21. The SMILES string of the molecule is Cc1ncc(C2CCOC2)c2ccccc12. The van der Waals surface area contributed by atoms with Crippen molar-refractivity contribution >= 4 is 10.8 Å². The van der Waals surface area contributed by atoms with Gasteiger partial charge in [0.2, 0.25) is 0 Å². The van der Waals surface area contributed by atoms with Crippen molar-refractivity contribution in [2.24, 2.45) is 0 Å². The molecule has 1 aliphatic heterocycles. The van der Waals surface area contributed by atoms with Gasteiger partial charge < -0.3 is 4.74 Å². The summed E-state index contributed by atoms with van der Waals surface area (Å²) in [4.78, 5) is 4.50. The minimum atomic E-state index is 0.526. The lowest BCUT2D eigenvalue weighted by Gasteiger charge is -2.12. The summed E-state index contributed by atoms with van der Waals surface area (Å²) in [6.07, 6.45) is 3.14. The predicted octanol–water partition coefficient (Wildman–Crippen LogP) is 3.05. The Labute approximate surface area is 95.3 Å². The molecule has 0 aliphatic carbocycles. The molecule has 0 bridgehead atoms. The zero-order chi connectivity index (χ0) is 11.0. The number of ether oxygens (including phenoxy) is 1. The number of nitrogens with zero attached hydrogens (tertiary/aromatic N) is 1. The van der Waals surface area contributed by atoms with Crippen molar-refractivity contribution in [3.63, 3.8) is 0 Å². The summed E-state index contributed by atoms with van der Waals surface area (Å²) in [6.45, 7) is 3.79. The molecular weight excluding hydrogens is 198 g/mol.